The number of carbonyl (C=O) groups excluding carboxylic acids is 2. The molecule has 0 radical (unpaired) electrons. The maximum absolute atomic E-state index is 11.5. The molecule has 0 saturated heterocycles. The van der Waals surface area contributed by atoms with Gasteiger partial charge in [-0.3, -0.25) is 9.59 Å². The van der Waals surface area contributed by atoms with Crippen molar-refractivity contribution in [2.45, 2.75) is 19.3 Å². The molecule has 0 saturated carbocycles. The van der Waals surface area contributed by atoms with Crippen molar-refractivity contribution in [1.29, 1.82) is 0 Å². The van der Waals surface area contributed by atoms with Gasteiger partial charge >= 0.3 is 0 Å². The second-order valence-electron chi connectivity index (χ2n) is 3.29. The van der Waals surface area contributed by atoms with Crippen LogP contribution in [-0.4, -0.2) is 18.4 Å². The highest BCUT2D eigenvalue weighted by molar-refractivity contribution is 9.10. The number of rotatable bonds is 6. The molecule has 6 heteroatoms. The summed E-state index contributed by atoms with van der Waals surface area (Å²) in [5.74, 6) is -0.511. The van der Waals surface area contributed by atoms with Crippen molar-refractivity contribution in [3.05, 3.63) is 22.6 Å². The molecule has 1 heterocycles. The molecule has 16 heavy (non-hydrogen) atoms. The summed E-state index contributed by atoms with van der Waals surface area (Å²) < 4.78 is 5.36. The first-order valence-electron chi connectivity index (χ1n) is 4.90. The zero-order valence-corrected chi connectivity index (χ0v) is 10.2. The van der Waals surface area contributed by atoms with Gasteiger partial charge in [-0.1, -0.05) is 0 Å². The zero-order valence-electron chi connectivity index (χ0n) is 8.66. The number of carbonyl (C=O) groups is 2. The average Bonchev–Trinajstić information content (AvgIpc) is 2.63. The Balaban J connectivity index is 2.21. The minimum Gasteiger partial charge on any atom is -0.457 e. The number of halogens is 1. The smallest absolute Gasteiger partial charge is 0.255 e. The summed E-state index contributed by atoms with van der Waals surface area (Å²) in [5, 5.41) is 2.72. The van der Waals surface area contributed by atoms with E-state index in [0.29, 0.717) is 29.6 Å². The third-order valence-corrected chi connectivity index (χ3v) is 2.61. The first-order chi connectivity index (χ1) is 7.61. The summed E-state index contributed by atoms with van der Waals surface area (Å²) in [6.07, 6.45) is 3.20. The van der Waals surface area contributed by atoms with Crippen LogP contribution in [-0.2, 0) is 4.79 Å². The van der Waals surface area contributed by atoms with Gasteiger partial charge < -0.3 is 15.5 Å². The van der Waals surface area contributed by atoms with E-state index in [1.807, 2.05) is 0 Å². The Bertz CT molecular complexity index is 376. The van der Waals surface area contributed by atoms with Crippen LogP contribution in [0.25, 0.3) is 0 Å². The Morgan fingerprint density at radius 3 is 2.75 bits per heavy atom. The maximum atomic E-state index is 11.5. The lowest BCUT2D eigenvalue weighted by Crippen LogP contribution is -2.24. The van der Waals surface area contributed by atoms with E-state index in [-0.39, 0.29) is 11.8 Å². The van der Waals surface area contributed by atoms with Crippen molar-refractivity contribution < 1.29 is 14.0 Å². The molecule has 0 bridgehead atoms. The van der Waals surface area contributed by atoms with E-state index in [9.17, 15) is 9.59 Å². The van der Waals surface area contributed by atoms with Gasteiger partial charge in [0.25, 0.3) is 5.91 Å². The van der Waals surface area contributed by atoms with Crippen molar-refractivity contribution in [2.75, 3.05) is 6.54 Å². The summed E-state index contributed by atoms with van der Waals surface area (Å²) in [6, 6.07) is 1.59. The fraction of sp³-hybridized carbons (Fsp3) is 0.400. The Labute approximate surface area is 101 Å². The summed E-state index contributed by atoms with van der Waals surface area (Å²) in [4.78, 5) is 22.0. The molecule has 0 spiro atoms. The highest BCUT2D eigenvalue weighted by Gasteiger charge is 2.11. The van der Waals surface area contributed by atoms with Crippen LogP contribution in [0.1, 0.15) is 29.6 Å². The SMILES string of the molecule is NC(=O)CCCCNC(=O)c1ccoc1Br. The van der Waals surface area contributed by atoms with Crippen LogP contribution in [0.15, 0.2) is 21.4 Å². The summed E-state index contributed by atoms with van der Waals surface area (Å²) >= 11 is 3.12. The summed E-state index contributed by atoms with van der Waals surface area (Å²) in [7, 11) is 0. The van der Waals surface area contributed by atoms with Crippen molar-refractivity contribution in [1.82, 2.24) is 5.32 Å². The van der Waals surface area contributed by atoms with Crippen molar-refractivity contribution >= 4 is 27.7 Å². The molecule has 5 nitrogen and oxygen atoms in total. The number of nitrogens with two attached hydrogens (primary N) is 1. The minimum absolute atomic E-state index is 0.195. The summed E-state index contributed by atoms with van der Waals surface area (Å²) in [5.41, 5.74) is 5.45. The van der Waals surface area contributed by atoms with Crippen LogP contribution in [0.4, 0.5) is 0 Å². The van der Waals surface area contributed by atoms with Gasteiger partial charge in [0, 0.05) is 13.0 Å². The van der Waals surface area contributed by atoms with E-state index in [2.05, 4.69) is 21.2 Å². The second-order valence-corrected chi connectivity index (χ2v) is 4.01. The van der Waals surface area contributed by atoms with Gasteiger partial charge in [-0.05, 0) is 34.8 Å². The third kappa shape index (κ3) is 4.06. The van der Waals surface area contributed by atoms with Gasteiger partial charge in [-0.25, -0.2) is 0 Å². The molecule has 0 aliphatic rings. The second kappa shape index (κ2) is 6.32. The highest BCUT2D eigenvalue weighted by Crippen LogP contribution is 2.16. The molecule has 0 aliphatic carbocycles. The predicted octanol–water partition coefficient (Wildman–Crippen LogP) is 1.43. The van der Waals surface area contributed by atoms with Crippen LogP contribution in [0.2, 0.25) is 0 Å². The molecule has 0 aliphatic heterocycles. The molecule has 1 rings (SSSR count). The molecule has 88 valence electrons. The largest absolute Gasteiger partial charge is 0.457 e. The molecule has 1 aromatic rings. The number of hydrogen-bond donors (Lipinski definition) is 2. The lowest BCUT2D eigenvalue weighted by atomic mass is 10.2. The van der Waals surface area contributed by atoms with Gasteiger partial charge in [0.15, 0.2) is 4.67 Å². The normalized spacial score (nSPS) is 10.1. The topological polar surface area (TPSA) is 85.3 Å². The fourth-order valence-corrected chi connectivity index (χ4v) is 1.60. The van der Waals surface area contributed by atoms with Crippen molar-refractivity contribution in [3.8, 4) is 0 Å². The van der Waals surface area contributed by atoms with E-state index in [4.69, 9.17) is 10.2 Å². The maximum Gasteiger partial charge on any atom is 0.255 e. The van der Waals surface area contributed by atoms with Gasteiger partial charge in [0.05, 0.1) is 11.8 Å². The number of primary amides is 1. The number of unbranched alkanes of at least 4 members (excludes halogenated alkanes) is 1. The number of furan rings is 1. The van der Waals surface area contributed by atoms with Crippen LogP contribution in [0.3, 0.4) is 0 Å². The lowest BCUT2D eigenvalue weighted by Gasteiger charge is -2.02. The van der Waals surface area contributed by atoms with E-state index < -0.39 is 0 Å². The number of nitrogens with one attached hydrogen (secondary N) is 1. The molecular weight excluding hydrogens is 276 g/mol. The third-order valence-electron chi connectivity index (χ3n) is 2.00. The fourth-order valence-electron chi connectivity index (χ4n) is 1.18. The monoisotopic (exact) mass is 288 g/mol. The zero-order chi connectivity index (χ0) is 12.0. The summed E-state index contributed by atoms with van der Waals surface area (Å²) in [6.45, 7) is 0.518. The van der Waals surface area contributed by atoms with Gasteiger partial charge in [0.1, 0.15) is 0 Å². The number of hydrogen-bond acceptors (Lipinski definition) is 3. The quantitative estimate of drug-likeness (QED) is 0.777. The predicted molar refractivity (Wildman–Crippen MR) is 61.8 cm³/mol. The molecule has 0 fully saturated rings. The van der Waals surface area contributed by atoms with E-state index in [1.54, 1.807) is 6.07 Å². The standard InChI is InChI=1S/C10H13BrN2O3/c11-9-7(4-6-16-9)10(15)13-5-2-1-3-8(12)14/h4,6H,1-3,5H2,(H2,12,14)(H,13,15). The Hall–Kier alpha value is -1.30. The van der Waals surface area contributed by atoms with Gasteiger partial charge in [0.2, 0.25) is 5.91 Å². The highest BCUT2D eigenvalue weighted by atomic mass is 79.9. The Kier molecular flexibility index (Phi) is 5.04. The minimum atomic E-state index is -0.316. The Morgan fingerprint density at radius 1 is 1.44 bits per heavy atom. The van der Waals surface area contributed by atoms with Crippen LogP contribution in [0, 0.1) is 0 Å². The molecule has 3 N–H and O–H groups in total. The van der Waals surface area contributed by atoms with E-state index >= 15 is 0 Å². The van der Waals surface area contributed by atoms with Crippen LogP contribution < -0.4 is 11.1 Å². The van der Waals surface area contributed by atoms with Crippen LogP contribution >= 0.6 is 15.9 Å². The Morgan fingerprint density at radius 2 is 2.19 bits per heavy atom. The van der Waals surface area contributed by atoms with E-state index in [0.717, 1.165) is 6.42 Å². The average molecular weight is 289 g/mol. The van der Waals surface area contributed by atoms with Crippen molar-refractivity contribution in [2.24, 2.45) is 5.73 Å². The molecule has 1 aromatic heterocycles. The first kappa shape index (κ1) is 12.8. The molecular formula is C10H13BrN2O3. The van der Waals surface area contributed by atoms with Crippen molar-refractivity contribution in [3.63, 3.8) is 0 Å². The first-order valence-corrected chi connectivity index (χ1v) is 5.70. The molecule has 0 atom stereocenters. The van der Waals surface area contributed by atoms with Gasteiger partial charge in [-0.2, -0.15) is 0 Å². The van der Waals surface area contributed by atoms with Crippen LogP contribution in [0.5, 0.6) is 0 Å². The molecule has 0 aromatic carbocycles. The van der Waals surface area contributed by atoms with E-state index in [1.165, 1.54) is 6.26 Å². The molecule has 0 unspecified atom stereocenters. The number of amides is 2. The molecule has 2 amide bonds. The lowest BCUT2D eigenvalue weighted by molar-refractivity contribution is -0.118. The van der Waals surface area contributed by atoms with Gasteiger partial charge in [-0.15, -0.1) is 0 Å².